The zero-order chi connectivity index (χ0) is 15.8. The third-order valence-electron chi connectivity index (χ3n) is 3.85. The van der Waals surface area contributed by atoms with E-state index in [1.807, 2.05) is 12.1 Å². The monoisotopic (exact) mass is 301 g/mol. The van der Waals surface area contributed by atoms with Gasteiger partial charge >= 0.3 is 0 Å². The third kappa shape index (κ3) is 2.59. The Kier molecular flexibility index (Phi) is 3.15. The summed E-state index contributed by atoms with van der Waals surface area (Å²) in [4.78, 5) is 8.75. The molecule has 4 heteroatoms. The molecule has 0 aliphatic heterocycles. The first kappa shape index (κ1) is 13.6. The van der Waals surface area contributed by atoms with Crippen LogP contribution >= 0.6 is 0 Å². The molecule has 0 radical (unpaired) electrons. The molecule has 0 amide bonds. The summed E-state index contributed by atoms with van der Waals surface area (Å²) in [6.45, 7) is 3.87. The van der Waals surface area contributed by atoms with Crippen LogP contribution in [0.1, 0.15) is 11.5 Å². The van der Waals surface area contributed by atoms with Crippen molar-refractivity contribution < 1.29 is 4.52 Å². The third-order valence-corrected chi connectivity index (χ3v) is 3.85. The van der Waals surface area contributed by atoms with E-state index in [9.17, 15) is 0 Å². The molecule has 0 bridgehead atoms. The van der Waals surface area contributed by atoms with Crippen LogP contribution < -0.4 is 0 Å². The van der Waals surface area contributed by atoms with Crippen LogP contribution in [0.2, 0.25) is 0 Å². The van der Waals surface area contributed by atoms with Gasteiger partial charge in [0.2, 0.25) is 11.7 Å². The maximum atomic E-state index is 5.05. The van der Waals surface area contributed by atoms with Gasteiger partial charge < -0.3 is 4.52 Å². The maximum Gasteiger partial charge on any atom is 0.223 e. The van der Waals surface area contributed by atoms with Gasteiger partial charge in [0.25, 0.3) is 0 Å². The zero-order valence-corrected chi connectivity index (χ0v) is 12.9. The van der Waals surface area contributed by atoms with Crippen LogP contribution in [0.15, 0.2) is 59.3 Å². The van der Waals surface area contributed by atoms with E-state index in [-0.39, 0.29) is 0 Å². The lowest BCUT2D eigenvalue weighted by molar-refractivity contribution is 0.394. The summed E-state index contributed by atoms with van der Waals surface area (Å²) in [6, 6.07) is 16.8. The van der Waals surface area contributed by atoms with Crippen LogP contribution in [-0.2, 0) is 0 Å². The number of aromatic nitrogens is 3. The molecule has 23 heavy (non-hydrogen) atoms. The number of benzene rings is 2. The predicted octanol–water partition coefficient (Wildman–Crippen LogP) is 4.57. The van der Waals surface area contributed by atoms with Crippen molar-refractivity contribution in [3.8, 4) is 22.5 Å². The molecule has 0 saturated heterocycles. The van der Waals surface area contributed by atoms with E-state index < -0.39 is 0 Å². The first-order chi connectivity index (χ1) is 11.2. The molecule has 0 aliphatic carbocycles. The fourth-order valence-electron chi connectivity index (χ4n) is 2.60. The number of fused-ring (bicyclic) bond motifs is 1. The highest BCUT2D eigenvalue weighted by molar-refractivity contribution is 5.87. The van der Waals surface area contributed by atoms with Crippen LogP contribution in [-0.4, -0.2) is 15.1 Å². The van der Waals surface area contributed by atoms with E-state index in [0.717, 1.165) is 16.5 Å². The number of aryl methyl sites for hydroxylation is 2. The van der Waals surface area contributed by atoms with E-state index >= 15 is 0 Å². The lowest BCUT2D eigenvalue weighted by Gasteiger charge is -2.05. The van der Waals surface area contributed by atoms with Crippen molar-refractivity contribution in [2.75, 3.05) is 0 Å². The van der Waals surface area contributed by atoms with Gasteiger partial charge in [0.1, 0.15) is 0 Å². The number of nitrogens with zero attached hydrogens (tertiary/aromatic N) is 3. The fraction of sp³-hybridized carbons (Fsp3) is 0.105. The standard InChI is InChI=1S/C19H15N3O/c1-12-3-5-14(6-4-12)15-7-8-18-16(9-15)10-17(11-20-18)19-21-13(2)23-22-19/h3-11H,1-2H3. The van der Waals surface area contributed by atoms with Gasteiger partial charge in [-0.25, -0.2) is 0 Å². The van der Waals surface area contributed by atoms with Gasteiger partial charge in [0.15, 0.2) is 0 Å². The summed E-state index contributed by atoms with van der Waals surface area (Å²) in [7, 11) is 0. The average Bonchev–Trinajstić information content (AvgIpc) is 3.01. The van der Waals surface area contributed by atoms with Gasteiger partial charge in [-0.05, 0) is 36.2 Å². The highest BCUT2D eigenvalue weighted by atomic mass is 16.5. The summed E-state index contributed by atoms with van der Waals surface area (Å²) in [5.41, 5.74) is 5.42. The molecule has 4 rings (SSSR count). The molecule has 0 N–H and O–H groups in total. The lowest BCUT2D eigenvalue weighted by Crippen LogP contribution is -1.86. The first-order valence-electron chi connectivity index (χ1n) is 7.46. The highest BCUT2D eigenvalue weighted by Gasteiger charge is 2.08. The molecule has 4 nitrogen and oxygen atoms in total. The molecule has 2 aromatic heterocycles. The SMILES string of the molecule is Cc1ccc(-c2ccc3ncc(-c4noc(C)n4)cc3c2)cc1. The maximum absolute atomic E-state index is 5.05. The van der Waals surface area contributed by atoms with Gasteiger partial charge in [-0.1, -0.05) is 41.1 Å². The Labute approximate surface area is 133 Å². The Balaban J connectivity index is 1.82. The van der Waals surface area contributed by atoms with Gasteiger partial charge in [-0.3, -0.25) is 4.98 Å². The van der Waals surface area contributed by atoms with Crippen LogP contribution in [0.3, 0.4) is 0 Å². The Hall–Kier alpha value is -3.01. The molecular formula is C19H15N3O. The van der Waals surface area contributed by atoms with Crippen LogP contribution in [0, 0.1) is 13.8 Å². The number of pyridine rings is 1. The fourth-order valence-corrected chi connectivity index (χ4v) is 2.60. The van der Waals surface area contributed by atoms with E-state index in [1.54, 1.807) is 13.1 Å². The van der Waals surface area contributed by atoms with Crippen LogP contribution in [0.5, 0.6) is 0 Å². The van der Waals surface area contributed by atoms with Gasteiger partial charge in [-0.15, -0.1) is 0 Å². The number of hydrogen-bond donors (Lipinski definition) is 0. The minimum absolute atomic E-state index is 0.550. The van der Waals surface area contributed by atoms with Gasteiger partial charge in [-0.2, -0.15) is 4.98 Å². The van der Waals surface area contributed by atoms with Crippen molar-refractivity contribution in [2.24, 2.45) is 0 Å². The number of hydrogen-bond acceptors (Lipinski definition) is 4. The Morgan fingerprint density at radius 3 is 2.30 bits per heavy atom. The molecular weight excluding hydrogens is 286 g/mol. The largest absolute Gasteiger partial charge is 0.339 e. The van der Waals surface area contributed by atoms with Gasteiger partial charge in [0.05, 0.1) is 5.52 Å². The molecule has 4 aromatic rings. The van der Waals surface area contributed by atoms with Crippen LogP contribution in [0.4, 0.5) is 0 Å². The predicted molar refractivity (Wildman–Crippen MR) is 89.9 cm³/mol. The van der Waals surface area contributed by atoms with Crippen molar-refractivity contribution in [3.05, 3.63) is 66.2 Å². The highest BCUT2D eigenvalue weighted by Crippen LogP contribution is 2.26. The second-order valence-electron chi connectivity index (χ2n) is 5.63. The minimum Gasteiger partial charge on any atom is -0.339 e. The van der Waals surface area contributed by atoms with Crippen molar-refractivity contribution in [1.29, 1.82) is 0 Å². The van der Waals surface area contributed by atoms with Crippen molar-refractivity contribution in [1.82, 2.24) is 15.1 Å². The normalized spacial score (nSPS) is 11.0. The van der Waals surface area contributed by atoms with E-state index in [1.165, 1.54) is 16.7 Å². The Morgan fingerprint density at radius 1 is 0.826 bits per heavy atom. The summed E-state index contributed by atoms with van der Waals surface area (Å²) >= 11 is 0. The molecule has 0 spiro atoms. The summed E-state index contributed by atoms with van der Waals surface area (Å²) in [5, 5.41) is 5.02. The minimum atomic E-state index is 0.550. The Morgan fingerprint density at radius 2 is 1.57 bits per heavy atom. The second kappa shape index (κ2) is 5.32. The smallest absolute Gasteiger partial charge is 0.223 e. The molecule has 2 heterocycles. The molecule has 0 fully saturated rings. The van der Waals surface area contributed by atoms with Crippen molar-refractivity contribution >= 4 is 10.9 Å². The lowest BCUT2D eigenvalue weighted by atomic mass is 10.0. The second-order valence-corrected chi connectivity index (χ2v) is 5.63. The molecule has 2 aromatic carbocycles. The topological polar surface area (TPSA) is 51.8 Å². The van der Waals surface area contributed by atoms with Crippen LogP contribution in [0.25, 0.3) is 33.4 Å². The van der Waals surface area contributed by atoms with Gasteiger partial charge in [0, 0.05) is 24.1 Å². The summed E-state index contributed by atoms with van der Waals surface area (Å²) in [6.07, 6.45) is 1.78. The molecule has 0 saturated carbocycles. The molecule has 0 aliphatic rings. The summed E-state index contributed by atoms with van der Waals surface area (Å²) < 4.78 is 5.05. The molecule has 0 atom stereocenters. The average molecular weight is 301 g/mol. The molecule has 112 valence electrons. The van der Waals surface area contributed by atoms with E-state index in [4.69, 9.17) is 4.52 Å². The molecule has 0 unspecified atom stereocenters. The quantitative estimate of drug-likeness (QED) is 0.544. The Bertz CT molecular complexity index is 987. The summed E-state index contributed by atoms with van der Waals surface area (Å²) in [5.74, 6) is 1.12. The van der Waals surface area contributed by atoms with E-state index in [2.05, 4.69) is 58.4 Å². The number of rotatable bonds is 2. The zero-order valence-electron chi connectivity index (χ0n) is 12.9. The van der Waals surface area contributed by atoms with E-state index in [0.29, 0.717) is 11.7 Å². The first-order valence-corrected chi connectivity index (χ1v) is 7.46. The van der Waals surface area contributed by atoms with Crippen molar-refractivity contribution in [2.45, 2.75) is 13.8 Å². The van der Waals surface area contributed by atoms with Crippen molar-refractivity contribution in [3.63, 3.8) is 0 Å².